The van der Waals surface area contributed by atoms with Crippen LogP contribution in [0.25, 0.3) is 0 Å². The molecule has 2 rings (SSSR count). The van der Waals surface area contributed by atoms with Gasteiger partial charge in [-0.3, -0.25) is 0 Å². The molecule has 0 aliphatic heterocycles. The van der Waals surface area contributed by atoms with E-state index in [0.29, 0.717) is 25.1 Å². The van der Waals surface area contributed by atoms with Crippen molar-refractivity contribution in [3.8, 4) is 0 Å². The second-order valence-electron chi connectivity index (χ2n) is 5.91. The van der Waals surface area contributed by atoms with E-state index in [-0.39, 0.29) is 12.1 Å². The molecule has 0 atom stereocenters. The van der Waals surface area contributed by atoms with Crippen molar-refractivity contribution in [2.24, 2.45) is 4.99 Å². The zero-order valence-corrected chi connectivity index (χ0v) is 16.2. The summed E-state index contributed by atoms with van der Waals surface area (Å²) in [4.78, 5) is 9.74. The lowest BCUT2D eigenvalue weighted by Gasteiger charge is -2.14. The van der Waals surface area contributed by atoms with Gasteiger partial charge in [0.1, 0.15) is 5.82 Å². The summed E-state index contributed by atoms with van der Waals surface area (Å²) < 4.78 is 52.4. The Morgan fingerprint density at radius 2 is 1.96 bits per heavy atom. The minimum atomic E-state index is -4.62. The molecule has 148 valence electrons. The van der Waals surface area contributed by atoms with E-state index >= 15 is 0 Å². The van der Waals surface area contributed by atoms with Crippen LogP contribution in [0.4, 0.5) is 17.6 Å². The van der Waals surface area contributed by atoms with E-state index < -0.39 is 17.6 Å². The summed E-state index contributed by atoms with van der Waals surface area (Å²) in [6, 6.07) is 2.63. The fourth-order valence-corrected chi connectivity index (χ4v) is 3.49. The second kappa shape index (κ2) is 9.16. The van der Waals surface area contributed by atoms with Crippen molar-refractivity contribution in [3.05, 3.63) is 50.7 Å². The number of guanidine groups is 1. The first-order valence-corrected chi connectivity index (χ1v) is 9.33. The SMILES string of the molecule is CCNC(=NCc1ccc(F)cc1C(F)(F)F)NCCc1sc(C)nc1C. The Balaban J connectivity index is 2.06. The molecule has 0 saturated heterocycles. The number of halogens is 4. The number of alkyl halides is 3. The molecule has 0 radical (unpaired) electrons. The quantitative estimate of drug-likeness (QED) is 0.432. The number of hydrogen-bond donors (Lipinski definition) is 2. The Morgan fingerprint density at radius 1 is 1.22 bits per heavy atom. The summed E-state index contributed by atoms with van der Waals surface area (Å²) in [6.45, 7) is 6.70. The zero-order valence-electron chi connectivity index (χ0n) is 15.4. The first-order chi connectivity index (χ1) is 12.7. The maximum atomic E-state index is 13.2. The van der Waals surface area contributed by atoms with Gasteiger partial charge in [0.2, 0.25) is 0 Å². The van der Waals surface area contributed by atoms with Crippen LogP contribution in [0.15, 0.2) is 23.2 Å². The number of aryl methyl sites for hydroxylation is 2. The Hall–Kier alpha value is -2.16. The van der Waals surface area contributed by atoms with E-state index in [1.54, 1.807) is 11.3 Å². The lowest BCUT2D eigenvalue weighted by molar-refractivity contribution is -0.138. The molecule has 2 N–H and O–H groups in total. The van der Waals surface area contributed by atoms with Crippen LogP contribution in [0.3, 0.4) is 0 Å². The number of benzene rings is 1. The predicted molar refractivity (Wildman–Crippen MR) is 99.5 cm³/mol. The van der Waals surface area contributed by atoms with Crippen LogP contribution >= 0.6 is 11.3 Å². The Bertz CT molecular complexity index is 799. The topological polar surface area (TPSA) is 49.3 Å². The van der Waals surface area contributed by atoms with E-state index in [1.165, 1.54) is 0 Å². The van der Waals surface area contributed by atoms with E-state index in [9.17, 15) is 17.6 Å². The highest BCUT2D eigenvalue weighted by Gasteiger charge is 2.33. The molecule has 1 heterocycles. The summed E-state index contributed by atoms with van der Waals surface area (Å²) in [6.07, 6.45) is -3.88. The minimum absolute atomic E-state index is 0.0740. The van der Waals surface area contributed by atoms with Crippen LogP contribution in [0, 0.1) is 19.7 Å². The molecule has 0 aliphatic carbocycles. The first kappa shape index (κ1) is 21.1. The zero-order chi connectivity index (χ0) is 20.0. The van der Waals surface area contributed by atoms with Crippen molar-refractivity contribution in [1.29, 1.82) is 0 Å². The molecular formula is C18H22F4N4S. The van der Waals surface area contributed by atoms with Gasteiger partial charge in [-0.05, 0) is 38.5 Å². The van der Waals surface area contributed by atoms with Crippen LogP contribution in [0.1, 0.15) is 33.6 Å². The summed E-state index contributed by atoms with van der Waals surface area (Å²) in [5, 5.41) is 7.11. The molecule has 0 amide bonds. The molecule has 0 fully saturated rings. The normalized spacial score (nSPS) is 12.3. The van der Waals surface area contributed by atoms with Gasteiger partial charge in [0, 0.05) is 24.4 Å². The summed E-state index contributed by atoms with van der Waals surface area (Å²) in [5.74, 6) is -0.510. The van der Waals surface area contributed by atoms with Crippen LogP contribution in [-0.4, -0.2) is 24.0 Å². The number of aliphatic imine (C=N–C) groups is 1. The number of nitrogens with zero attached hydrogens (tertiary/aromatic N) is 2. The van der Waals surface area contributed by atoms with Crippen LogP contribution in [0.5, 0.6) is 0 Å². The van der Waals surface area contributed by atoms with Crippen molar-refractivity contribution < 1.29 is 17.6 Å². The molecule has 0 aliphatic rings. The van der Waals surface area contributed by atoms with E-state index in [2.05, 4.69) is 20.6 Å². The number of hydrogen-bond acceptors (Lipinski definition) is 3. The highest BCUT2D eigenvalue weighted by atomic mass is 32.1. The average Bonchev–Trinajstić information content (AvgIpc) is 2.90. The van der Waals surface area contributed by atoms with Crippen LogP contribution in [-0.2, 0) is 19.1 Å². The first-order valence-electron chi connectivity index (χ1n) is 8.51. The largest absolute Gasteiger partial charge is 0.416 e. The number of nitrogens with one attached hydrogen (secondary N) is 2. The predicted octanol–water partition coefficient (Wildman–Crippen LogP) is 4.22. The molecule has 4 nitrogen and oxygen atoms in total. The molecule has 0 bridgehead atoms. The number of aromatic nitrogens is 1. The molecule has 0 unspecified atom stereocenters. The average molecular weight is 402 g/mol. The Kier molecular flexibility index (Phi) is 7.18. The van der Waals surface area contributed by atoms with Gasteiger partial charge < -0.3 is 10.6 Å². The van der Waals surface area contributed by atoms with E-state index in [4.69, 9.17) is 0 Å². The van der Waals surface area contributed by atoms with Gasteiger partial charge in [-0.25, -0.2) is 14.4 Å². The molecule has 0 spiro atoms. The molecule has 0 saturated carbocycles. The highest BCUT2D eigenvalue weighted by Crippen LogP contribution is 2.32. The van der Waals surface area contributed by atoms with Gasteiger partial charge in [0.25, 0.3) is 0 Å². The molecule has 27 heavy (non-hydrogen) atoms. The fraction of sp³-hybridized carbons (Fsp3) is 0.444. The smallest absolute Gasteiger partial charge is 0.357 e. The van der Waals surface area contributed by atoms with Gasteiger partial charge in [-0.15, -0.1) is 11.3 Å². The van der Waals surface area contributed by atoms with Crippen molar-refractivity contribution >= 4 is 17.3 Å². The van der Waals surface area contributed by atoms with Crippen molar-refractivity contribution in [3.63, 3.8) is 0 Å². The molecular weight excluding hydrogens is 380 g/mol. The van der Waals surface area contributed by atoms with E-state index in [0.717, 1.165) is 34.1 Å². The number of thiazole rings is 1. The van der Waals surface area contributed by atoms with Gasteiger partial charge in [-0.1, -0.05) is 6.07 Å². The maximum absolute atomic E-state index is 13.2. The van der Waals surface area contributed by atoms with Crippen molar-refractivity contribution in [2.45, 2.75) is 39.9 Å². The molecule has 2 aromatic rings. The maximum Gasteiger partial charge on any atom is 0.416 e. The number of rotatable bonds is 6. The van der Waals surface area contributed by atoms with Crippen molar-refractivity contribution in [2.75, 3.05) is 13.1 Å². The summed E-state index contributed by atoms with van der Waals surface area (Å²) in [5.41, 5.74) is -0.0877. The highest BCUT2D eigenvalue weighted by molar-refractivity contribution is 7.11. The van der Waals surface area contributed by atoms with Gasteiger partial charge >= 0.3 is 6.18 Å². The second-order valence-corrected chi connectivity index (χ2v) is 7.20. The molecule has 9 heteroatoms. The van der Waals surface area contributed by atoms with Crippen LogP contribution < -0.4 is 10.6 Å². The van der Waals surface area contributed by atoms with Gasteiger partial charge in [0.15, 0.2) is 5.96 Å². The Labute approximate surface area is 159 Å². The van der Waals surface area contributed by atoms with Crippen molar-refractivity contribution in [1.82, 2.24) is 15.6 Å². The van der Waals surface area contributed by atoms with Gasteiger partial charge in [0.05, 0.1) is 22.8 Å². The summed E-state index contributed by atoms with van der Waals surface area (Å²) >= 11 is 1.62. The monoisotopic (exact) mass is 402 g/mol. The van der Waals surface area contributed by atoms with Crippen LogP contribution in [0.2, 0.25) is 0 Å². The third kappa shape index (κ3) is 6.20. The third-order valence-corrected chi connectivity index (χ3v) is 4.91. The summed E-state index contributed by atoms with van der Waals surface area (Å²) in [7, 11) is 0. The molecule has 1 aromatic carbocycles. The fourth-order valence-electron chi connectivity index (χ4n) is 2.56. The third-order valence-electron chi connectivity index (χ3n) is 3.77. The lowest BCUT2D eigenvalue weighted by atomic mass is 10.1. The lowest BCUT2D eigenvalue weighted by Crippen LogP contribution is -2.38. The van der Waals surface area contributed by atoms with Gasteiger partial charge in [-0.2, -0.15) is 13.2 Å². The minimum Gasteiger partial charge on any atom is -0.357 e. The Morgan fingerprint density at radius 3 is 2.56 bits per heavy atom. The van der Waals surface area contributed by atoms with E-state index in [1.807, 2.05) is 20.8 Å². The molecule has 1 aromatic heterocycles. The standard InChI is InChI=1S/C18H22F4N4S/c1-4-23-17(24-8-7-16-11(2)26-12(3)27-16)25-10-13-5-6-14(19)9-15(13)18(20,21)22/h5-6,9H,4,7-8,10H2,1-3H3,(H2,23,24,25).